The summed E-state index contributed by atoms with van der Waals surface area (Å²) in [7, 11) is 0. The Balaban J connectivity index is 0.00000112. The molecule has 0 radical (unpaired) electrons. The SMILES string of the molecule is CC1(C)C2CCC(C)(C(C)(C)N)C1C2.I. The van der Waals surface area contributed by atoms with E-state index in [1.165, 1.54) is 19.3 Å². The molecule has 3 atom stereocenters. The Morgan fingerprint density at radius 2 is 1.73 bits per heavy atom. The third kappa shape index (κ3) is 1.67. The van der Waals surface area contributed by atoms with Gasteiger partial charge in [-0.1, -0.05) is 20.8 Å². The summed E-state index contributed by atoms with van der Waals surface area (Å²) in [5, 5.41) is 0. The molecule has 0 aromatic carbocycles. The van der Waals surface area contributed by atoms with Gasteiger partial charge in [-0.05, 0) is 55.8 Å². The quantitative estimate of drug-likeness (QED) is 0.730. The summed E-state index contributed by atoms with van der Waals surface area (Å²) in [6, 6.07) is 0. The molecule has 2 heteroatoms. The molecule has 2 bridgehead atoms. The average Bonchev–Trinajstić information content (AvgIpc) is 2.01. The van der Waals surface area contributed by atoms with E-state index < -0.39 is 0 Å². The standard InChI is InChI=1S/C13H25N.HI/c1-11(2)9-6-7-13(5,10(11)8-9)12(3,4)14;/h9-10H,6-8,14H2,1-5H3;1H. The van der Waals surface area contributed by atoms with Crippen molar-refractivity contribution in [2.45, 2.75) is 59.4 Å². The van der Waals surface area contributed by atoms with Crippen LogP contribution in [0.5, 0.6) is 0 Å². The molecule has 3 aliphatic rings. The van der Waals surface area contributed by atoms with E-state index in [2.05, 4.69) is 34.6 Å². The topological polar surface area (TPSA) is 26.0 Å². The predicted molar refractivity (Wildman–Crippen MR) is 76.4 cm³/mol. The summed E-state index contributed by atoms with van der Waals surface area (Å²) in [6.07, 6.45) is 4.14. The molecule has 0 heterocycles. The smallest absolute Gasteiger partial charge is 0.0154 e. The zero-order valence-electron chi connectivity index (χ0n) is 10.8. The van der Waals surface area contributed by atoms with E-state index in [1.54, 1.807) is 0 Å². The first-order chi connectivity index (χ1) is 6.19. The van der Waals surface area contributed by atoms with E-state index in [0.29, 0.717) is 10.8 Å². The fourth-order valence-electron chi connectivity index (χ4n) is 4.01. The lowest BCUT2D eigenvalue weighted by Gasteiger charge is -2.67. The molecular weight excluding hydrogens is 297 g/mol. The summed E-state index contributed by atoms with van der Waals surface area (Å²) in [6.45, 7) is 11.7. The molecule has 0 aliphatic heterocycles. The summed E-state index contributed by atoms with van der Waals surface area (Å²) in [4.78, 5) is 0. The predicted octanol–water partition coefficient (Wildman–Crippen LogP) is 3.80. The van der Waals surface area contributed by atoms with Gasteiger partial charge < -0.3 is 5.73 Å². The van der Waals surface area contributed by atoms with Crippen LogP contribution in [0.15, 0.2) is 0 Å². The molecular formula is C13H26IN. The zero-order chi connectivity index (χ0) is 10.8. The Hall–Kier alpha value is 0.690. The molecule has 3 aliphatic carbocycles. The van der Waals surface area contributed by atoms with Gasteiger partial charge in [-0.15, -0.1) is 24.0 Å². The van der Waals surface area contributed by atoms with Crippen LogP contribution in [0.1, 0.15) is 53.9 Å². The van der Waals surface area contributed by atoms with Crippen molar-refractivity contribution in [3.05, 3.63) is 0 Å². The molecule has 0 spiro atoms. The lowest BCUT2D eigenvalue weighted by molar-refractivity contribution is -0.172. The van der Waals surface area contributed by atoms with Crippen LogP contribution in [0, 0.1) is 22.7 Å². The van der Waals surface area contributed by atoms with E-state index in [9.17, 15) is 0 Å². The van der Waals surface area contributed by atoms with Crippen molar-refractivity contribution in [1.29, 1.82) is 0 Å². The van der Waals surface area contributed by atoms with Gasteiger partial charge in [0.1, 0.15) is 0 Å². The lowest BCUT2D eigenvalue weighted by Crippen LogP contribution is -2.65. The van der Waals surface area contributed by atoms with Gasteiger partial charge in [0.2, 0.25) is 0 Å². The van der Waals surface area contributed by atoms with Gasteiger partial charge in [-0.25, -0.2) is 0 Å². The second-order valence-corrected chi connectivity index (χ2v) is 6.98. The number of rotatable bonds is 1. The monoisotopic (exact) mass is 323 g/mol. The van der Waals surface area contributed by atoms with E-state index >= 15 is 0 Å². The van der Waals surface area contributed by atoms with Crippen LogP contribution in [0.4, 0.5) is 0 Å². The first-order valence-corrected chi connectivity index (χ1v) is 5.98. The molecule has 0 amide bonds. The van der Waals surface area contributed by atoms with Gasteiger partial charge in [0.05, 0.1) is 0 Å². The van der Waals surface area contributed by atoms with Gasteiger partial charge in [0.25, 0.3) is 0 Å². The van der Waals surface area contributed by atoms with Crippen LogP contribution in [0.2, 0.25) is 0 Å². The Morgan fingerprint density at radius 3 is 2.00 bits per heavy atom. The first-order valence-electron chi connectivity index (χ1n) is 5.98. The van der Waals surface area contributed by atoms with E-state index in [-0.39, 0.29) is 29.5 Å². The minimum absolute atomic E-state index is 0. The second-order valence-electron chi connectivity index (χ2n) is 6.98. The zero-order valence-corrected chi connectivity index (χ0v) is 13.1. The van der Waals surface area contributed by atoms with Crippen molar-refractivity contribution in [3.8, 4) is 0 Å². The molecule has 3 rings (SSSR count). The number of nitrogens with two attached hydrogens (primary N) is 1. The summed E-state index contributed by atoms with van der Waals surface area (Å²) in [5.74, 6) is 1.82. The highest BCUT2D eigenvalue weighted by Crippen LogP contribution is 2.68. The van der Waals surface area contributed by atoms with Gasteiger partial charge in [0, 0.05) is 5.54 Å². The molecule has 3 fully saturated rings. The van der Waals surface area contributed by atoms with Crippen LogP contribution >= 0.6 is 24.0 Å². The lowest BCUT2D eigenvalue weighted by atomic mass is 9.38. The van der Waals surface area contributed by atoms with Crippen LogP contribution in [-0.4, -0.2) is 5.54 Å². The maximum atomic E-state index is 6.38. The van der Waals surface area contributed by atoms with Crippen molar-refractivity contribution < 1.29 is 0 Å². The van der Waals surface area contributed by atoms with Crippen molar-refractivity contribution in [1.82, 2.24) is 0 Å². The first kappa shape index (κ1) is 13.8. The maximum Gasteiger partial charge on any atom is 0.0154 e. The maximum absolute atomic E-state index is 6.38. The normalized spacial score (nSPS) is 42.8. The Morgan fingerprint density at radius 1 is 1.20 bits per heavy atom. The fraction of sp³-hybridized carbons (Fsp3) is 1.00. The number of hydrogen-bond acceptors (Lipinski definition) is 1. The van der Waals surface area contributed by atoms with Crippen molar-refractivity contribution in [2.75, 3.05) is 0 Å². The van der Waals surface area contributed by atoms with E-state index in [0.717, 1.165) is 11.8 Å². The van der Waals surface area contributed by atoms with Gasteiger partial charge in [-0.2, -0.15) is 0 Å². The van der Waals surface area contributed by atoms with Crippen LogP contribution in [0.25, 0.3) is 0 Å². The van der Waals surface area contributed by atoms with Gasteiger partial charge in [0.15, 0.2) is 0 Å². The van der Waals surface area contributed by atoms with Crippen molar-refractivity contribution >= 4 is 24.0 Å². The highest BCUT2D eigenvalue weighted by atomic mass is 127. The average molecular weight is 323 g/mol. The Kier molecular flexibility index (Phi) is 3.29. The Bertz CT molecular complexity index is 249. The van der Waals surface area contributed by atoms with Crippen molar-refractivity contribution in [3.63, 3.8) is 0 Å². The molecule has 3 unspecified atom stereocenters. The molecule has 2 N–H and O–H groups in total. The highest BCUT2D eigenvalue weighted by molar-refractivity contribution is 14.0. The second kappa shape index (κ2) is 3.59. The molecule has 1 nitrogen and oxygen atoms in total. The summed E-state index contributed by atoms with van der Waals surface area (Å²) in [5.41, 5.74) is 7.25. The molecule has 3 saturated carbocycles. The molecule has 90 valence electrons. The van der Waals surface area contributed by atoms with Crippen LogP contribution in [-0.2, 0) is 0 Å². The Labute approximate surface area is 112 Å². The summed E-state index contributed by atoms with van der Waals surface area (Å²) >= 11 is 0. The minimum Gasteiger partial charge on any atom is -0.325 e. The van der Waals surface area contributed by atoms with E-state index in [1.807, 2.05) is 0 Å². The molecule has 15 heavy (non-hydrogen) atoms. The third-order valence-corrected chi connectivity index (χ3v) is 5.72. The number of hydrogen-bond donors (Lipinski definition) is 1. The fourth-order valence-corrected chi connectivity index (χ4v) is 4.01. The van der Waals surface area contributed by atoms with Crippen LogP contribution in [0.3, 0.4) is 0 Å². The van der Waals surface area contributed by atoms with Crippen LogP contribution < -0.4 is 5.73 Å². The summed E-state index contributed by atoms with van der Waals surface area (Å²) < 4.78 is 0. The number of fused-ring (bicyclic) bond motifs is 2. The highest BCUT2D eigenvalue weighted by Gasteiger charge is 2.62. The van der Waals surface area contributed by atoms with Gasteiger partial charge in [-0.3, -0.25) is 0 Å². The number of halogens is 1. The molecule has 0 saturated heterocycles. The van der Waals surface area contributed by atoms with E-state index in [4.69, 9.17) is 5.73 Å². The van der Waals surface area contributed by atoms with Crippen molar-refractivity contribution in [2.24, 2.45) is 28.4 Å². The van der Waals surface area contributed by atoms with Gasteiger partial charge >= 0.3 is 0 Å². The minimum atomic E-state index is -0.0275. The largest absolute Gasteiger partial charge is 0.325 e. The third-order valence-electron chi connectivity index (χ3n) is 5.72. The molecule has 0 aromatic heterocycles. The molecule has 0 aromatic rings.